The first-order valence-electron chi connectivity index (χ1n) is 7.74. The number of morpholine rings is 1. The van der Waals surface area contributed by atoms with Crippen molar-refractivity contribution in [2.45, 2.75) is 24.9 Å². The predicted octanol–water partition coefficient (Wildman–Crippen LogP) is 3.69. The van der Waals surface area contributed by atoms with Crippen molar-refractivity contribution in [3.8, 4) is 0 Å². The fraction of sp³-hybridized carbons (Fsp3) is 0.412. The number of benzene rings is 1. The second kappa shape index (κ2) is 5.97. The van der Waals surface area contributed by atoms with Crippen LogP contribution in [0.25, 0.3) is 0 Å². The maximum atomic E-state index is 5.95. The molecule has 2 heterocycles. The van der Waals surface area contributed by atoms with Crippen LogP contribution in [0, 0.1) is 0 Å². The molecule has 4 nitrogen and oxygen atoms in total. The average Bonchev–Trinajstić information content (AvgIpc) is 3.41. The van der Waals surface area contributed by atoms with Crippen LogP contribution in [-0.4, -0.2) is 29.7 Å². The molecule has 0 bridgehead atoms. The third-order valence-corrected chi connectivity index (χ3v) is 4.76. The maximum Gasteiger partial charge on any atom is 0.133 e. The molecular weight excluding hydrogens is 342 g/mol. The highest BCUT2D eigenvalue weighted by Crippen LogP contribution is 2.38. The standard InChI is InChI=1S/C17H18BrN3O/c18-14-5-3-12(4-6-14)15-11-21(9-10-22-15)16-7-8-19-17(20-16)13-1-2-13/h3-8,13,15H,1-2,9-11H2. The number of halogens is 1. The first-order chi connectivity index (χ1) is 10.8. The zero-order chi connectivity index (χ0) is 14.9. The summed E-state index contributed by atoms with van der Waals surface area (Å²) in [5.41, 5.74) is 1.21. The minimum Gasteiger partial charge on any atom is -0.370 e. The molecule has 0 amide bonds. The van der Waals surface area contributed by atoms with Gasteiger partial charge >= 0.3 is 0 Å². The van der Waals surface area contributed by atoms with E-state index in [1.165, 1.54) is 18.4 Å². The third-order valence-electron chi connectivity index (χ3n) is 4.23. The molecule has 1 aromatic heterocycles. The molecule has 1 saturated heterocycles. The molecule has 1 aliphatic heterocycles. The van der Waals surface area contributed by atoms with Gasteiger partial charge in [0.2, 0.25) is 0 Å². The highest BCUT2D eigenvalue weighted by atomic mass is 79.9. The summed E-state index contributed by atoms with van der Waals surface area (Å²) >= 11 is 3.48. The maximum absolute atomic E-state index is 5.95. The van der Waals surface area contributed by atoms with Crippen molar-refractivity contribution >= 4 is 21.7 Å². The first-order valence-corrected chi connectivity index (χ1v) is 8.54. The molecule has 4 rings (SSSR count). The van der Waals surface area contributed by atoms with Crippen molar-refractivity contribution in [3.05, 3.63) is 52.4 Å². The molecule has 2 fully saturated rings. The van der Waals surface area contributed by atoms with Gasteiger partial charge in [-0.05, 0) is 36.6 Å². The minimum absolute atomic E-state index is 0.0983. The highest BCUT2D eigenvalue weighted by molar-refractivity contribution is 9.10. The zero-order valence-electron chi connectivity index (χ0n) is 12.3. The summed E-state index contributed by atoms with van der Waals surface area (Å²) in [6, 6.07) is 10.4. The van der Waals surface area contributed by atoms with Gasteiger partial charge in [-0.15, -0.1) is 0 Å². The summed E-state index contributed by atoms with van der Waals surface area (Å²) < 4.78 is 7.04. The fourth-order valence-electron chi connectivity index (χ4n) is 2.81. The molecule has 0 radical (unpaired) electrons. The molecule has 0 N–H and O–H groups in total. The van der Waals surface area contributed by atoms with E-state index in [9.17, 15) is 0 Å². The molecular formula is C17H18BrN3O. The average molecular weight is 360 g/mol. The van der Waals surface area contributed by atoms with Crippen LogP contribution in [0.1, 0.15) is 36.3 Å². The quantitative estimate of drug-likeness (QED) is 0.837. The Bertz CT molecular complexity index is 657. The van der Waals surface area contributed by atoms with E-state index in [4.69, 9.17) is 9.72 Å². The Balaban J connectivity index is 1.53. The van der Waals surface area contributed by atoms with Gasteiger partial charge in [-0.25, -0.2) is 9.97 Å². The molecule has 114 valence electrons. The lowest BCUT2D eigenvalue weighted by atomic mass is 10.1. The second-order valence-electron chi connectivity index (χ2n) is 5.90. The first kappa shape index (κ1) is 14.2. The summed E-state index contributed by atoms with van der Waals surface area (Å²) in [5, 5.41) is 0. The van der Waals surface area contributed by atoms with Crippen LogP contribution in [-0.2, 0) is 4.74 Å². The van der Waals surface area contributed by atoms with Crippen LogP contribution in [0.4, 0.5) is 5.82 Å². The number of aromatic nitrogens is 2. The van der Waals surface area contributed by atoms with Crippen LogP contribution < -0.4 is 4.90 Å². The number of rotatable bonds is 3. The van der Waals surface area contributed by atoms with Gasteiger partial charge in [-0.1, -0.05) is 28.1 Å². The topological polar surface area (TPSA) is 38.2 Å². The molecule has 1 aromatic carbocycles. The summed E-state index contributed by atoms with van der Waals surface area (Å²) in [6.45, 7) is 2.44. The Morgan fingerprint density at radius 1 is 1.14 bits per heavy atom. The van der Waals surface area contributed by atoms with Gasteiger partial charge in [0.1, 0.15) is 17.7 Å². The largest absolute Gasteiger partial charge is 0.370 e. The second-order valence-corrected chi connectivity index (χ2v) is 6.82. The lowest BCUT2D eigenvalue weighted by molar-refractivity contribution is 0.0395. The Hall–Kier alpha value is -1.46. The molecule has 1 atom stereocenters. The summed E-state index contributed by atoms with van der Waals surface area (Å²) in [6.07, 6.45) is 4.45. The van der Waals surface area contributed by atoms with E-state index in [1.807, 2.05) is 12.3 Å². The van der Waals surface area contributed by atoms with E-state index in [0.29, 0.717) is 5.92 Å². The van der Waals surface area contributed by atoms with Crippen molar-refractivity contribution in [2.75, 3.05) is 24.6 Å². The monoisotopic (exact) mass is 359 g/mol. The van der Waals surface area contributed by atoms with Crippen molar-refractivity contribution in [1.82, 2.24) is 9.97 Å². The van der Waals surface area contributed by atoms with Crippen molar-refractivity contribution in [2.24, 2.45) is 0 Å². The Labute approximate surface area is 138 Å². The van der Waals surface area contributed by atoms with Gasteiger partial charge in [-0.2, -0.15) is 0 Å². The van der Waals surface area contributed by atoms with E-state index in [0.717, 1.165) is 35.8 Å². The number of anilines is 1. The number of hydrogen-bond acceptors (Lipinski definition) is 4. The van der Waals surface area contributed by atoms with Crippen LogP contribution in [0.2, 0.25) is 0 Å². The van der Waals surface area contributed by atoms with E-state index in [-0.39, 0.29) is 6.10 Å². The molecule has 1 saturated carbocycles. The van der Waals surface area contributed by atoms with Gasteiger partial charge in [0.25, 0.3) is 0 Å². The van der Waals surface area contributed by atoms with Crippen LogP contribution >= 0.6 is 15.9 Å². The van der Waals surface area contributed by atoms with E-state index >= 15 is 0 Å². The van der Waals surface area contributed by atoms with E-state index in [2.05, 4.69) is 50.1 Å². The van der Waals surface area contributed by atoms with Gasteiger partial charge in [0, 0.05) is 29.7 Å². The Morgan fingerprint density at radius 2 is 1.95 bits per heavy atom. The third kappa shape index (κ3) is 3.01. The van der Waals surface area contributed by atoms with Gasteiger partial charge < -0.3 is 9.64 Å². The molecule has 1 unspecified atom stereocenters. The Kier molecular flexibility index (Phi) is 3.84. The molecule has 22 heavy (non-hydrogen) atoms. The highest BCUT2D eigenvalue weighted by Gasteiger charge is 2.28. The normalized spacial score (nSPS) is 21.9. The van der Waals surface area contributed by atoms with Crippen LogP contribution in [0.3, 0.4) is 0 Å². The number of ether oxygens (including phenoxy) is 1. The lowest BCUT2D eigenvalue weighted by Gasteiger charge is -2.34. The Morgan fingerprint density at radius 3 is 2.73 bits per heavy atom. The summed E-state index contributed by atoms with van der Waals surface area (Å²) in [5.74, 6) is 2.62. The predicted molar refractivity (Wildman–Crippen MR) is 89.1 cm³/mol. The fourth-order valence-corrected chi connectivity index (χ4v) is 3.08. The molecule has 0 spiro atoms. The molecule has 2 aliphatic rings. The molecule has 5 heteroatoms. The van der Waals surface area contributed by atoms with Crippen LogP contribution in [0.15, 0.2) is 41.0 Å². The van der Waals surface area contributed by atoms with E-state index in [1.54, 1.807) is 0 Å². The SMILES string of the molecule is Brc1ccc(C2CN(c3ccnc(C4CC4)n3)CCO2)cc1. The van der Waals surface area contributed by atoms with Crippen molar-refractivity contribution in [1.29, 1.82) is 0 Å². The zero-order valence-corrected chi connectivity index (χ0v) is 13.9. The molecule has 2 aromatic rings. The van der Waals surface area contributed by atoms with Crippen molar-refractivity contribution in [3.63, 3.8) is 0 Å². The summed E-state index contributed by atoms with van der Waals surface area (Å²) in [7, 11) is 0. The summed E-state index contributed by atoms with van der Waals surface area (Å²) in [4.78, 5) is 11.5. The minimum atomic E-state index is 0.0983. The van der Waals surface area contributed by atoms with Crippen molar-refractivity contribution < 1.29 is 4.74 Å². The van der Waals surface area contributed by atoms with Gasteiger partial charge in [-0.3, -0.25) is 0 Å². The van der Waals surface area contributed by atoms with Gasteiger partial charge in [0.15, 0.2) is 0 Å². The number of nitrogens with zero attached hydrogens (tertiary/aromatic N) is 3. The van der Waals surface area contributed by atoms with Crippen LogP contribution in [0.5, 0.6) is 0 Å². The van der Waals surface area contributed by atoms with E-state index < -0.39 is 0 Å². The lowest BCUT2D eigenvalue weighted by Crippen LogP contribution is -2.39. The number of hydrogen-bond donors (Lipinski definition) is 0. The van der Waals surface area contributed by atoms with Gasteiger partial charge in [0.05, 0.1) is 6.61 Å². The smallest absolute Gasteiger partial charge is 0.133 e. The molecule has 1 aliphatic carbocycles.